The van der Waals surface area contributed by atoms with Gasteiger partial charge in [0.2, 0.25) is 0 Å². The summed E-state index contributed by atoms with van der Waals surface area (Å²) in [6.07, 6.45) is 0. The summed E-state index contributed by atoms with van der Waals surface area (Å²) >= 11 is 0. The normalized spacial score (nSPS) is 14.1. The fraction of sp³-hybridized carbons (Fsp3) is 0.294. The van der Waals surface area contributed by atoms with Gasteiger partial charge in [-0.05, 0) is 44.0 Å². The maximum atomic E-state index is 13.2. The van der Waals surface area contributed by atoms with Gasteiger partial charge in [-0.1, -0.05) is 42.0 Å². The summed E-state index contributed by atoms with van der Waals surface area (Å²) in [4.78, 5) is 0. The van der Waals surface area contributed by atoms with E-state index in [4.69, 9.17) is 0 Å². The number of rotatable bonds is 4. The number of halogens is 1. The second-order valence-electron chi connectivity index (χ2n) is 5.08. The summed E-state index contributed by atoms with van der Waals surface area (Å²) in [5.41, 5.74) is 3.47. The highest BCUT2D eigenvalue weighted by atomic mass is 19.1. The van der Waals surface area contributed by atoms with Crippen molar-refractivity contribution in [2.24, 2.45) is 0 Å². The molecule has 0 bridgehead atoms. The van der Waals surface area contributed by atoms with Crippen LogP contribution in [0.25, 0.3) is 0 Å². The van der Waals surface area contributed by atoms with E-state index in [0.717, 1.165) is 5.56 Å². The zero-order chi connectivity index (χ0) is 13.8. The van der Waals surface area contributed by atoms with Gasteiger partial charge in [0.15, 0.2) is 0 Å². The van der Waals surface area contributed by atoms with Gasteiger partial charge in [0.05, 0.1) is 0 Å². The van der Waals surface area contributed by atoms with E-state index in [1.807, 2.05) is 6.07 Å². The van der Waals surface area contributed by atoms with E-state index < -0.39 is 0 Å². The molecule has 100 valence electrons. The van der Waals surface area contributed by atoms with Crippen molar-refractivity contribution in [2.45, 2.75) is 32.9 Å². The minimum absolute atomic E-state index is 0.118. The van der Waals surface area contributed by atoms with Gasteiger partial charge < -0.3 is 5.32 Å². The molecule has 2 atom stereocenters. The number of nitrogens with one attached hydrogen (secondary N) is 1. The topological polar surface area (TPSA) is 12.0 Å². The lowest BCUT2D eigenvalue weighted by molar-refractivity contribution is 0.492. The first-order valence-electron chi connectivity index (χ1n) is 6.64. The Morgan fingerprint density at radius 1 is 0.895 bits per heavy atom. The van der Waals surface area contributed by atoms with Crippen molar-refractivity contribution in [2.75, 3.05) is 0 Å². The zero-order valence-corrected chi connectivity index (χ0v) is 11.7. The van der Waals surface area contributed by atoms with Crippen LogP contribution in [-0.2, 0) is 0 Å². The van der Waals surface area contributed by atoms with Crippen LogP contribution >= 0.6 is 0 Å². The maximum absolute atomic E-state index is 13.2. The first-order valence-corrected chi connectivity index (χ1v) is 6.64. The summed E-state index contributed by atoms with van der Waals surface area (Å²) in [7, 11) is 0. The number of hydrogen-bond acceptors (Lipinski definition) is 1. The van der Waals surface area contributed by atoms with E-state index in [1.165, 1.54) is 17.2 Å². The van der Waals surface area contributed by atoms with E-state index in [1.54, 1.807) is 12.1 Å². The van der Waals surface area contributed by atoms with Crippen LogP contribution in [0.3, 0.4) is 0 Å². The molecule has 0 spiro atoms. The second kappa shape index (κ2) is 5.98. The van der Waals surface area contributed by atoms with Crippen LogP contribution in [0.5, 0.6) is 0 Å². The highest BCUT2D eigenvalue weighted by molar-refractivity contribution is 5.25. The Morgan fingerprint density at radius 2 is 1.53 bits per heavy atom. The van der Waals surface area contributed by atoms with Gasteiger partial charge in [-0.25, -0.2) is 4.39 Å². The standard InChI is InChI=1S/C17H20FN/c1-12-7-9-15(10-8-12)13(2)19-14(3)16-5-4-6-17(18)11-16/h4-11,13-14,19H,1-3H3/t13?,14-/m1/s1. The van der Waals surface area contributed by atoms with Gasteiger partial charge in [-0.3, -0.25) is 0 Å². The molecule has 19 heavy (non-hydrogen) atoms. The van der Waals surface area contributed by atoms with Gasteiger partial charge in [0.25, 0.3) is 0 Å². The van der Waals surface area contributed by atoms with Crippen molar-refractivity contribution in [3.8, 4) is 0 Å². The van der Waals surface area contributed by atoms with Crippen LogP contribution in [-0.4, -0.2) is 0 Å². The lowest BCUT2D eigenvalue weighted by Gasteiger charge is -2.21. The first-order chi connectivity index (χ1) is 9.06. The van der Waals surface area contributed by atoms with Crippen LogP contribution in [0.15, 0.2) is 48.5 Å². The Morgan fingerprint density at radius 3 is 2.16 bits per heavy atom. The number of benzene rings is 2. The Bertz CT molecular complexity index is 533. The SMILES string of the molecule is Cc1ccc(C(C)N[C@H](C)c2cccc(F)c2)cc1. The second-order valence-corrected chi connectivity index (χ2v) is 5.08. The molecule has 0 aliphatic carbocycles. The average molecular weight is 257 g/mol. The van der Waals surface area contributed by atoms with E-state index in [-0.39, 0.29) is 17.9 Å². The molecule has 0 aliphatic heterocycles. The Hall–Kier alpha value is -1.67. The highest BCUT2D eigenvalue weighted by Crippen LogP contribution is 2.20. The molecule has 0 saturated heterocycles. The van der Waals surface area contributed by atoms with Crippen molar-refractivity contribution in [1.82, 2.24) is 5.32 Å². The third-order valence-electron chi connectivity index (χ3n) is 3.43. The highest BCUT2D eigenvalue weighted by Gasteiger charge is 2.11. The van der Waals surface area contributed by atoms with Gasteiger partial charge in [0.1, 0.15) is 5.82 Å². The fourth-order valence-electron chi connectivity index (χ4n) is 2.20. The van der Waals surface area contributed by atoms with Crippen molar-refractivity contribution < 1.29 is 4.39 Å². The predicted molar refractivity (Wildman–Crippen MR) is 77.5 cm³/mol. The molecule has 2 heteroatoms. The van der Waals surface area contributed by atoms with Crippen LogP contribution < -0.4 is 5.32 Å². The Labute approximate surface area is 114 Å². The van der Waals surface area contributed by atoms with Crippen molar-refractivity contribution in [3.05, 3.63) is 71.0 Å². The lowest BCUT2D eigenvalue weighted by Crippen LogP contribution is -2.22. The molecule has 2 aromatic rings. The van der Waals surface area contributed by atoms with Crippen LogP contribution in [0.1, 0.15) is 42.6 Å². The van der Waals surface area contributed by atoms with Gasteiger partial charge >= 0.3 is 0 Å². The molecule has 0 heterocycles. The molecular formula is C17H20FN. The molecule has 0 radical (unpaired) electrons. The van der Waals surface area contributed by atoms with E-state index in [9.17, 15) is 4.39 Å². The summed E-state index contributed by atoms with van der Waals surface area (Å²) in [6.45, 7) is 6.26. The maximum Gasteiger partial charge on any atom is 0.123 e. The molecule has 2 aromatic carbocycles. The van der Waals surface area contributed by atoms with Crippen molar-refractivity contribution in [1.29, 1.82) is 0 Å². The minimum Gasteiger partial charge on any atom is -0.304 e. The quantitative estimate of drug-likeness (QED) is 0.847. The summed E-state index contributed by atoms with van der Waals surface area (Å²) in [6, 6.07) is 15.6. The minimum atomic E-state index is -0.186. The lowest BCUT2D eigenvalue weighted by atomic mass is 10.0. The monoisotopic (exact) mass is 257 g/mol. The Balaban J connectivity index is 2.06. The zero-order valence-electron chi connectivity index (χ0n) is 11.7. The van der Waals surface area contributed by atoms with E-state index >= 15 is 0 Å². The van der Waals surface area contributed by atoms with Crippen molar-refractivity contribution >= 4 is 0 Å². The molecule has 0 fully saturated rings. The van der Waals surface area contributed by atoms with Crippen molar-refractivity contribution in [3.63, 3.8) is 0 Å². The fourth-order valence-corrected chi connectivity index (χ4v) is 2.20. The van der Waals surface area contributed by atoms with E-state index in [2.05, 4.69) is 50.4 Å². The van der Waals surface area contributed by atoms with Crippen LogP contribution in [0.4, 0.5) is 4.39 Å². The molecule has 2 rings (SSSR count). The first kappa shape index (κ1) is 13.8. The summed E-state index contributed by atoms with van der Waals surface area (Å²) in [5, 5.41) is 3.49. The molecule has 0 aliphatic rings. The number of hydrogen-bond donors (Lipinski definition) is 1. The predicted octanol–water partition coefficient (Wildman–Crippen LogP) is 4.55. The molecule has 1 N–H and O–H groups in total. The summed E-state index contributed by atoms with van der Waals surface area (Å²) < 4.78 is 13.2. The number of aryl methyl sites for hydroxylation is 1. The molecule has 0 amide bonds. The third kappa shape index (κ3) is 3.65. The van der Waals surface area contributed by atoms with Crippen LogP contribution in [0, 0.1) is 12.7 Å². The molecular weight excluding hydrogens is 237 g/mol. The van der Waals surface area contributed by atoms with E-state index in [0.29, 0.717) is 0 Å². The molecule has 0 saturated carbocycles. The van der Waals surface area contributed by atoms with Gasteiger partial charge in [-0.2, -0.15) is 0 Å². The summed E-state index contributed by atoms with van der Waals surface area (Å²) in [5.74, 6) is -0.186. The average Bonchev–Trinajstić information content (AvgIpc) is 2.39. The van der Waals surface area contributed by atoms with Crippen LogP contribution in [0.2, 0.25) is 0 Å². The molecule has 1 unspecified atom stereocenters. The molecule has 1 nitrogen and oxygen atoms in total. The Kier molecular flexibility index (Phi) is 4.33. The van der Waals surface area contributed by atoms with Gasteiger partial charge in [-0.15, -0.1) is 0 Å². The van der Waals surface area contributed by atoms with Gasteiger partial charge in [0, 0.05) is 12.1 Å². The molecule has 0 aromatic heterocycles. The largest absolute Gasteiger partial charge is 0.304 e. The smallest absolute Gasteiger partial charge is 0.123 e. The third-order valence-corrected chi connectivity index (χ3v) is 3.43.